The molecule has 0 heterocycles. The van der Waals surface area contributed by atoms with Crippen LogP contribution in [0.2, 0.25) is 0 Å². The van der Waals surface area contributed by atoms with Crippen molar-refractivity contribution in [3.8, 4) is 11.1 Å². The third-order valence-electron chi connectivity index (χ3n) is 10.6. The van der Waals surface area contributed by atoms with Crippen LogP contribution in [0.25, 0.3) is 32.7 Å². The Hall–Kier alpha value is -5.86. The standard InChI is InChI=1S/C50H46N2/c1-33-15-23-39(24-16-33)51(40-25-17-34(2)18-26-40)49-37(5)31-47(43-11-7-9-13-45(43)49)48-32-38(6)50(46-14-10-8-12-44(46)48)52(41-27-19-35(3)20-28-41)42-29-21-36(4)22-30-42/h7-21,23-32,36H,22H2,1-6H3. The van der Waals surface area contributed by atoms with Gasteiger partial charge in [0.05, 0.1) is 11.4 Å². The molecule has 256 valence electrons. The van der Waals surface area contributed by atoms with Gasteiger partial charge in [-0.05, 0) is 135 Å². The van der Waals surface area contributed by atoms with Crippen molar-refractivity contribution >= 4 is 50.0 Å². The zero-order chi connectivity index (χ0) is 35.9. The number of benzene rings is 7. The van der Waals surface area contributed by atoms with Crippen LogP contribution < -0.4 is 9.80 Å². The van der Waals surface area contributed by atoms with Crippen molar-refractivity contribution in [2.24, 2.45) is 5.92 Å². The summed E-state index contributed by atoms with van der Waals surface area (Å²) in [5, 5.41) is 4.97. The highest BCUT2D eigenvalue weighted by Gasteiger charge is 2.24. The summed E-state index contributed by atoms with van der Waals surface area (Å²) in [5.41, 5.74) is 15.9. The van der Waals surface area contributed by atoms with Gasteiger partial charge in [-0.1, -0.05) is 121 Å². The summed E-state index contributed by atoms with van der Waals surface area (Å²) in [6, 6.07) is 49.5. The summed E-state index contributed by atoms with van der Waals surface area (Å²) in [5.74, 6) is 0.538. The molecule has 0 saturated heterocycles. The van der Waals surface area contributed by atoms with Crippen molar-refractivity contribution in [2.75, 3.05) is 9.80 Å². The van der Waals surface area contributed by atoms with Gasteiger partial charge in [-0.15, -0.1) is 0 Å². The fraction of sp³-hybridized carbons (Fsp3) is 0.160. The van der Waals surface area contributed by atoms with E-state index in [9.17, 15) is 0 Å². The second kappa shape index (κ2) is 13.7. The SMILES string of the molecule is Cc1ccc(N(C2=CCC(C)C=C2)c2c(C)cc(-c3cc(C)c(N(c4ccc(C)cc4)c4ccc(C)cc4)c4ccccc34)c3ccccc23)cc1. The maximum Gasteiger partial charge on any atom is 0.0569 e. The molecule has 0 aromatic heterocycles. The van der Waals surface area contributed by atoms with E-state index in [-0.39, 0.29) is 0 Å². The molecule has 1 unspecified atom stereocenters. The molecule has 0 spiro atoms. The van der Waals surface area contributed by atoms with Gasteiger partial charge in [0.25, 0.3) is 0 Å². The Balaban J connectivity index is 1.36. The molecule has 0 saturated carbocycles. The Labute approximate surface area is 309 Å². The second-order valence-corrected chi connectivity index (χ2v) is 14.6. The lowest BCUT2D eigenvalue weighted by atomic mass is 9.88. The number of allylic oxidation sites excluding steroid dienone is 3. The average molecular weight is 675 g/mol. The highest BCUT2D eigenvalue weighted by Crippen LogP contribution is 2.48. The maximum absolute atomic E-state index is 2.47. The molecule has 8 rings (SSSR count). The number of aryl methyl sites for hydroxylation is 5. The molecule has 1 atom stereocenters. The topological polar surface area (TPSA) is 6.48 Å². The summed E-state index contributed by atoms with van der Waals surface area (Å²) in [4.78, 5) is 4.90. The van der Waals surface area contributed by atoms with Gasteiger partial charge in [-0.25, -0.2) is 0 Å². The number of rotatable bonds is 7. The van der Waals surface area contributed by atoms with Gasteiger partial charge in [0.2, 0.25) is 0 Å². The van der Waals surface area contributed by atoms with E-state index in [2.05, 4.69) is 203 Å². The Morgan fingerprint density at radius 2 is 0.846 bits per heavy atom. The average Bonchev–Trinajstić information content (AvgIpc) is 3.16. The fourth-order valence-electron chi connectivity index (χ4n) is 7.82. The first-order chi connectivity index (χ1) is 25.3. The highest BCUT2D eigenvalue weighted by atomic mass is 15.2. The number of nitrogens with zero attached hydrogens (tertiary/aromatic N) is 2. The first-order valence-electron chi connectivity index (χ1n) is 18.5. The molecule has 52 heavy (non-hydrogen) atoms. The lowest BCUT2D eigenvalue weighted by Crippen LogP contribution is -2.18. The largest absolute Gasteiger partial charge is 0.310 e. The second-order valence-electron chi connectivity index (χ2n) is 14.6. The molecule has 0 amide bonds. The van der Waals surface area contributed by atoms with Crippen LogP contribution in [0, 0.1) is 40.5 Å². The van der Waals surface area contributed by atoms with Crippen LogP contribution in [-0.4, -0.2) is 0 Å². The fourth-order valence-corrected chi connectivity index (χ4v) is 7.82. The van der Waals surface area contributed by atoms with E-state index in [1.165, 1.54) is 83.2 Å². The van der Waals surface area contributed by atoms with E-state index in [4.69, 9.17) is 0 Å². The van der Waals surface area contributed by atoms with Gasteiger partial charge in [0.1, 0.15) is 0 Å². The van der Waals surface area contributed by atoms with Crippen molar-refractivity contribution in [1.29, 1.82) is 0 Å². The van der Waals surface area contributed by atoms with Crippen molar-refractivity contribution < 1.29 is 0 Å². The van der Waals surface area contributed by atoms with Crippen LogP contribution in [0.3, 0.4) is 0 Å². The Morgan fingerprint density at radius 3 is 1.25 bits per heavy atom. The summed E-state index contributed by atoms with van der Waals surface area (Å²) >= 11 is 0. The predicted octanol–water partition coefficient (Wildman–Crippen LogP) is 14.3. The summed E-state index contributed by atoms with van der Waals surface area (Å²) < 4.78 is 0. The van der Waals surface area contributed by atoms with Crippen molar-refractivity contribution in [1.82, 2.24) is 0 Å². The molecule has 7 aromatic rings. The van der Waals surface area contributed by atoms with Crippen molar-refractivity contribution in [2.45, 2.75) is 48.0 Å². The van der Waals surface area contributed by atoms with E-state index in [1.807, 2.05) is 0 Å². The normalized spacial score (nSPS) is 14.1. The third-order valence-corrected chi connectivity index (χ3v) is 10.6. The van der Waals surface area contributed by atoms with Gasteiger partial charge >= 0.3 is 0 Å². The molecule has 0 radical (unpaired) electrons. The Morgan fingerprint density at radius 1 is 0.462 bits per heavy atom. The lowest BCUT2D eigenvalue weighted by Gasteiger charge is -2.32. The predicted molar refractivity (Wildman–Crippen MR) is 225 cm³/mol. The minimum absolute atomic E-state index is 0.538. The number of anilines is 5. The molecule has 0 bridgehead atoms. The zero-order valence-electron chi connectivity index (χ0n) is 31.1. The monoisotopic (exact) mass is 674 g/mol. The molecule has 2 nitrogen and oxygen atoms in total. The van der Waals surface area contributed by atoms with E-state index < -0.39 is 0 Å². The highest BCUT2D eigenvalue weighted by molar-refractivity contribution is 6.14. The molecule has 1 aliphatic carbocycles. The molecule has 0 fully saturated rings. The van der Waals surface area contributed by atoms with Gasteiger partial charge in [-0.3, -0.25) is 0 Å². The first-order valence-corrected chi connectivity index (χ1v) is 18.5. The van der Waals surface area contributed by atoms with Crippen LogP contribution in [-0.2, 0) is 0 Å². The van der Waals surface area contributed by atoms with Crippen LogP contribution in [0.15, 0.2) is 157 Å². The molecular weight excluding hydrogens is 629 g/mol. The van der Waals surface area contributed by atoms with E-state index in [0.29, 0.717) is 5.92 Å². The summed E-state index contributed by atoms with van der Waals surface area (Å²) in [6.07, 6.45) is 8.08. The third kappa shape index (κ3) is 6.09. The summed E-state index contributed by atoms with van der Waals surface area (Å²) in [7, 11) is 0. The first kappa shape index (κ1) is 33.3. The van der Waals surface area contributed by atoms with E-state index in [0.717, 1.165) is 17.8 Å². The number of hydrogen-bond acceptors (Lipinski definition) is 2. The Bertz CT molecular complexity index is 2440. The van der Waals surface area contributed by atoms with Crippen molar-refractivity contribution in [3.05, 3.63) is 185 Å². The zero-order valence-corrected chi connectivity index (χ0v) is 31.1. The quantitative estimate of drug-likeness (QED) is 0.166. The summed E-state index contributed by atoms with van der Waals surface area (Å²) in [6.45, 7) is 13.3. The maximum atomic E-state index is 2.47. The number of hydrogen-bond donors (Lipinski definition) is 0. The van der Waals surface area contributed by atoms with Crippen LogP contribution in [0.4, 0.5) is 28.4 Å². The molecular formula is C50H46N2. The lowest BCUT2D eigenvalue weighted by molar-refractivity contribution is 0.728. The van der Waals surface area contributed by atoms with E-state index >= 15 is 0 Å². The minimum atomic E-state index is 0.538. The molecule has 1 aliphatic rings. The number of fused-ring (bicyclic) bond motifs is 2. The van der Waals surface area contributed by atoms with Gasteiger partial charge in [0.15, 0.2) is 0 Å². The molecule has 0 aliphatic heterocycles. The van der Waals surface area contributed by atoms with Gasteiger partial charge in [0, 0.05) is 33.5 Å². The van der Waals surface area contributed by atoms with Crippen LogP contribution in [0.5, 0.6) is 0 Å². The van der Waals surface area contributed by atoms with Gasteiger partial charge in [-0.2, -0.15) is 0 Å². The minimum Gasteiger partial charge on any atom is -0.310 e. The van der Waals surface area contributed by atoms with Crippen molar-refractivity contribution in [3.63, 3.8) is 0 Å². The molecule has 2 heteroatoms. The van der Waals surface area contributed by atoms with E-state index in [1.54, 1.807) is 0 Å². The van der Waals surface area contributed by atoms with Crippen LogP contribution >= 0.6 is 0 Å². The van der Waals surface area contributed by atoms with Crippen LogP contribution in [0.1, 0.15) is 41.2 Å². The van der Waals surface area contributed by atoms with Gasteiger partial charge < -0.3 is 9.80 Å². The Kier molecular flexibility index (Phi) is 8.77. The smallest absolute Gasteiger partial charge is 0.0569 e. The molecule has 7 aromatic carbocycles. The molecule has 0 N–H and O–H groups in total.